The Balaban J connectivity index is 4.38. The van der Waals surface area contributed by atoms with Crippen molar-refractivity contribution < 1.29 is 19.8 Å². The molecule has 0 spiro atoms. The average Bonchev–Trinajstić information content (AvgIpc) is 1.65. The third-order valence-corrected chi connectivity index (χ3v) is 0.687. The minimum absolute atomic E-state index is 1.59. The van der Waals surface area contributed by atoms with E-state index in [2.05, 4.69) is 11.5 Å². The predicted octanol–water partition coefficient (Wildman–Crippen LogP) is -3.36. The summed E-state index contributed by atoms with van der Waals surface area (Å²) in [4.78, 5) is 19.8. The molecule has 0 saturated carbocycles. The second-order valence-electron chi connectivity index (χ2n) is 1.40. The summed E-state index contributed by atoms with van der Waals surface area (Å²) >= 11 is 0. The van der Waals surface area contributed by atoms with Gasteiger partial charge in [-0.2, -0.15) is 0 Å². The summed E-state index contributed by atoms with van der Waals surface area (Å²) in [6, 6.07) is 0. The zero-order valence-electron chi connectivity index (χ0n) is 4.37. The van der Waals surface area contributed by atoms with E-state index in [0.29, 0.717) is 0 Å². The number of nitrogens with two attached hydrogens (primary N) is 2. The van der Waals surface area contributed by atoms with Crippen LogP contribution in [-0.4, -0.2) is 27.8 Å². The quantitative estimate of drug-likeness (QED) is 0.232. The summed E-state index contributed by atoms with van der Waals surface area (Å²) in [6.45, 7) is 0. The molecule has 0 aromatic heterocycles. The molecule has 6 N–H and O–H groups in total. The van der Waals surface area contributed by atoms with Gasteiger partial charge in [0.1, 0.15) is 0 Å². The fourth-order valence-electron chi connectivity index (χ4n) is 0.121. The number of aliphatic hydroxyl groups is 2. The first-order chi connectivity index (χ1) is 3.89. The molecule has 0 radical (unpaired) electrons. The molecule has 0 aliphatic rings. The molecule has 0 bridgehead atoms. The molecular weight excluding hydrogens is 128 g/mol. The molecule has 52 valence electrons. The van der Waals surface area contributed by atoms with Crippen LogP contribution in [0.1, 0.15) is 0 Å². The highest BCUT2D eigenvalue weighted by atomic mass is 16.5. The molecule has 0 aliphatic carbocycles. The highest BCUT2D eigenvalue weighted by Gasteiger charge is 2.37. The van der Waals surface area contributed by atoms with Crippen molar-refractivity contribution in [1.29, 1.82) is 0 Å². The maximum Gasteiger partial charge on any atom is 0.326 e. The van der Waals surface area contributed by atoms with Crippen LogP contribution < -0.4 is 11.5 Å². The van der Waals surface area contributed by atoms with Gasteiger partial charge >= 0.3 is 5.79 Å². The lowest BCUT2D eigenvalue weighted by Crippen LogP contribution is -2.53. The van der Waals surface area contributed by atoms with E-state index >= 15 is 0 Å². The Bertz CT molecular complexity index is 136. The van der Waals surface area contributed by atoms with E-state index in [4.69, 9.17) is 10.2 Å². The van der Waals surface area contributed by atoms with Crippen LogP contribution in [-0.2, 0) is 9.59 Å². The Kier molecular flexibility index (Phi) is 1.74. The second-order valence-corrected chi connectivity index (χ2v) is 1.40. The number of hydrogen-bond acceptors (Lipinski definition) is 4. The number of carbonyl (C=O) groups excluding carboxylic acids is 2. The van der Waals surface area contributed by atoms with Gasteiger partial charge in [0.05, 0.1) is 0 Å². The van der Waals surface area contributed by atoms with Gasteiger partial charge in [-0.25, -0.2) is 0 Å². The molecule has 9 heavy (non-hydrogen) atoms. The third kappa shape index (κ3) is 1.37. The minimum atomic E-state index is -3.22. The molecule has 0 aliphatic heterocycles. The molecule has 0 rings (SSSR count). The molecule has 6 heteroatoms. The van der Waals surface area contributed by atoms with Crippen molar-refractivity contribution >= 4 is 11.8 Å². The van der Waals surface area contributed by atoms with Crippen molar-refractivity contribution in [3.8, 4) is 0 Å². The Morgan fingerprint density at radius 1 is 1.11 bits per heavy atom. The van der Waals surface area contributed by atoms with E-state index in [1.807, 2.05) is 0 Å². The number of carbonyl (C=O) groups is 2. The van der Waals surface area contributed by atoms with Crippen LogP contribution in [0.2, 0.25) is 0 Å². The maximum absolute atomic E-state index is 9.88. The first-order valence-electron chi connectivity index (χ1n) is 1.93. The fraction of sp³-hybridized carbons (Fsp3) is 0.333. The van der Waals surface area contributed by atoms with E-state index in [9.17, 15) is 9.59 Å². The van der Waals surface area contributed by atoms with Gasteiger partial charge in [-0.15, -0.1) is 0 Å². The molecule has 0 unspecified atom stereocenters. The van der Waals surface area contributed by atoms with E-state index in [-0.39, 0.29) is 0 Å². The number of rotatable bonds is 2. The van der Waals surface area contributed by atoms with Crippen molar-refractivity contribution in [1.82, 2.24) is 0 Å². The lowest BCUT2D eigenvalue weighted by Gasteiger charge is -2.10. The largest absolute Gasteiger partial charge is 0.364 e. The first kappa shape index (κ1) is 7.86. The number of primary amides is 2. The Morgan fingerprint density at radius 2 is 1.33 bits per heavy atom. The minimum Gasteiger partial charge on any atom is -0.364 e. The van der Waals surface area contributed by atoms with Crippen molar-refractivity contribution in [2.45, 2.75) is 5.79 Å². The van der Waals surface area contributed by atoms with Gasteiger partial charge in [0.15, 0.2) is 0 Å². The average molecular weight is 134 g/mol. The van der Waals surface area contributed by atoms with Crippen LogP contribution in [0.25, 0.3) is 0 Å². The summed E-state index contributed by atoms with van der Waals surface area (Å²) in [5.41, 5.74) is 8.66. The van der Waals surface area contributed by atoms with Crippen molar-refractivity contribution in [3.05, 3.63) is 0 Å². The van der Waals surface area contributed by atoms with E-state index in [1.54, 1.807) is 0 Å². The van der Waals surface area contributed by atoms with Crippen LogP contribution in [0.3, 0.4) is 0 Å². The standard InChI is InChI=1S/C3H6N2O4/c4-1(6)3(8,9)2(5)7/h8-9H,(H2,4,6)(H2,5,7). The van der Waals surface area contributed by atoms with Crippen LogP contribution in [0.15, 0.2) is 0 Å². The van der Waals surface area contributed by atoms with E-state index in [1.165, 1.54) is 0 Å². The van der Waals surface area contributed by atoms with Gasteiger partial charge in [0, 0.05) is 0 Å². The predicted molar refractivity (Wildman–Crippen MR) is 25.6 cm³/mol. The topological polar surface area (TPSA) is 127 Å². The summed E-state index contributed by atoms with van der Waals surface area (Å²) in [7, 11) is 0. The molecule has 0 aromatic carbocycles. The zero-order valence-corrected chi connectivity index (χ0v) is 4.37. The number of amides is 2. The molecule has 2 amide bonds. The highest BCUT2D eigenvalue weighted by molar-refractivity contribution is 6.04. The smallest absolute Gasteiger partial charge is 0.326 e. The Morgan fingerprint density at radius 3 is 1.33 bits per heavy atom. The van der Waals surface area contributed by atoms with Gasteiger partial charge < -0.3 is 21.7 Å². The zero-order chi connectivity index (χ0) is 7.65. The molecular formula is C3H6N2O4. The molecule has 0 aromatic rings. The summed E-state index contributed by atoms with van der Waals surface area (Å²) < 4.78 is 0. The van der Waals surface area contributed by atoms with E-state index in [0.717, 1.165) is 0 Å². The van der Waals surface area contributed by atoms with Crippen molar-refractivity contribution in [3.63, 3.8) is 0 Å². The van der Waals surface area contributed by atoms with Gasteiger partial charge in [0.25, 0.3) is 11.8 Å². The van der Waals surface area contributed by atoms with Crippen LogP contribution >= 0.6 is 0 Å². The van der Waals surface area contributed by atoms with Gasteiger partial charge in [-0.3, -0.25) is 9.59 Å². The lowest BCUT2D eigenvalue weighted by atomic mass is 10.2. The van der Waals surface area contributed by atoms with Crippen LogP contribution in [0, 0.1) is 0 Å². The van der Waals surface area contributed by atoms with Gasteiger partial charge in [-0.05, 0) is 0 Å². The Labute approximate surface area is 50.1 Å². The van der Waals surface area contributed by atoms with Crippen LogP contribution in [0.4, 0.5) is 0 Å². The second kappa shape index (κ2) is 2.00. The monoisotopic (exact) mass is 134 g/mol. The molecule has 0 saturated heterocycles. The summed E-state index contributed by atoms with van der Waals surface area (Å²) in [6.07, 6.45) is 0. The van der Waals surface area contributed by atoms with Crippen LogP contribution in [0.5, 0.6) is 0 Å². The van der Waals surface area contributed by atoms with Gasteiger partial charge in [0.2, 0.25) is 0 Å². The van der Waals surface area contributed by atoms with Crippen molar-refractivity contribution in [2.75, 3.05) is 0 Å². The normalized spacial score (nSPS) is 10.9. The molecule has 0 fully saturated rings. The van der Waals surface area contributed by atoms with Crippen molar-refractivity contribution in [2.24, 2.45) is 11.5 Å². The Hall–Kier alpha value is -1.14. The van der Waals surface area contributed by atoms with E-state index < -0.39 is 17.6 Å². The summed E-state index contributed by atoms with van der Waals surface area (Å²) in [5.74, 6) is -6.40. The lowest BCUT2D eigenvalue weighted by molar-refractivity contribution is -0.187. The maximum atomic E-state index is 9.88. The highest BCUT2D eigenvalue weighted by Crippen LogP contribution is 1.93. The summed E-state index contributed by atoms with van der Waals surface area (Å²) in [5, 5.41) is 16.6. The fourth-order valence-corrected chi connectivity index (χ4v) is 0.121. The first-order valence-corrected chi connectivity index (χ1v) is 1.93. The van der Waals surface area contributed by atoms with Gasteiger partial charge in [-0.1, -0.05) is 0 Å². The SMILES string of the molecule is NC(=O)C(O)(O)C(N)=O. The molecule has 0 heterocycles. The molecule has 6 nitrogen and oxygen atoms in total. The molecule has 0 atom stereocenters. The third-order valence-electron chi connectivity index (χ3n) is 0.687. The number of hydrogen-bond donors (Lipinski definition) is 4.